The van der Waals surface area contributed by atoms with Gasteiger partial charge in [-0.1, -0.05) is 59.1 Å². The Labute approximate surface area is 157 Å². The van der Waals surface area contributed by atoms with Gasteiger partial charge in [-0.3, -0.25) is 9.59 Å². The maximum absolute atomic E-state index is 12.6. The number of aryl methyl sites for hydroxylation is 1. The summed E-state index contributed by atoms with van der Waals surface area (Å²) in [6.07, 6.45) is 0.0186. The molecule has 0 fully saturated rings. The Balaban J connectivity index is 2.27. The van der Waals surface area contributed by atoms with Gasteiger partial charge < -0.3 is 10.1 Å². The smallest absolute Gasteiger partial charge is 0.308 e. The number of rotatable bonds is 6. The van der Waals surface area contributed by atoms with Crippen molar-refractivity contribution in [1.82, 2.24) is 5.32 Å². The summed E-state index contributed by atoms with van der Waals surface area (Å²) >= 11 is 12.2. The van der Waals surface area contributed by atoms with Crippen molar-refractivity contribution in [2.24, 2.45) is 0 Å². The molecule has 6 heteroatoms. The quantitative estimate of drug-likeness (QED) is 0.738. The van der Waals surface area contributed by atoms with Gasteiger partial charge in [-0.25, -0.2) is 0 Å². The SMILES string of the molecule is CCOC(=O)CC(NC(=O)c1c(Cl)cccc1Cl)c1ccc(C)cc1. The molecule has 1 unspecified atom stereocenters. The van der Waals surface area contributed by atoms with Crippen molar-refractivity contribution in [2.75, 3.05) is 6.61 Å². The fourth-order valence-corrected chi connectivity index (χ4v) is 2.95. The summed E-state index contributed by atoms with van der Waals surface area (Å²) in [5.41, 5.74) is 2.07. The van der Waals surface area contributed by atoms with Crippen LogP contribution in [0.1, 0.15) is 40.9 Å². The van der Waals surface area contributed by atoms with Gasteiger partial charge in [0.1, 0.15) is 0 Å². The molecule has 0 bridgehead atoms. The van der Waals surface area contributed by atoms with Crippen LogP contribution in [0.15, 0.2) is 42.5 Å². The molecule has 0 saturated heterocycles. The van der Waals surface area contributed by atoms with E-state index in [2.05, 4.69) is 5.32 Å². The van der Waals surface area contributed by atoms with Gasteiger partial charge in [-0.15, -0.1) is 0 Å². The van der Waals surface area contributed by atoms with Gasteiger partial charge >= 0.3 is 5.97 Å². The standard InChI is InChI=1S/C19H19Cl2NO3/c1-3-25-17(23)11-16(13-9-7-12(2)8-10-13)22-19(24)18-14(20)5-4-6-15(18)21/h4-10,16H,3,11H2,1-2H3,(H,22,24). The second-order valence-corrected chi connectivity index (χ2v) is 6.36. The molecule has 0 aromatic heterocycles. The first-order chi connectivity index (χ1) is 11.9. The predicted octanol–water partition coefficient (Wildman–Crippen LogP) is 4.73. The van der Waals surface area contributed by atoms with Crippen LogP contribution in [0.5, 0.6) is 0 Å². The number of carbonyl (C=O) groups is 2. The molecule has 1 amide bonds. The Bertz CT molecular complexity index is 740. The van der Waals surface area contributed by atoms with Gasteiger partial charge in [0.05, 0.1) is 34.7 Å². The molecule has 0 radical (unpaired) electrons. The molecule has 132 valence electrons. The molecule has 0 aliphatic heterocycles. The number of hydrogen-bond donors (Lipinski definition) is 1. The van der Waals surface area contributed by atoms with Crippen molar-refractivity contribution >= 4 is 35.1 Å². The number of carbonyl (C=O) groups excluding carboxylic acids is 2. The average Bonchev–Trinajstić information content (AvgIpc) is 2.55. The fraction of sp³-hybridized carbons (Fsp3) is 0.263. The van der Waals surface area contributed by atoms with Crippen LogP contribution in [0.2, 0.25) is 10.0 Å². The van der Waals surface area contributed by atoms with E-state index in [1.807, 2.05) is 31.2 Å². The molecule has 2 aromatic carbocycles. The summed E-state index contributed by atoms with van der Waals surface area (Å²) < 4.78 is 5.01. The first kappa shape index (κ1) is 19.3. The van der Waals surface area contributed by atoms with Gasteiger partial charge in [0.2, 0.25) is 0 Å². The number of nitrogens with one attached hydrogen (secondary N) is 1. The zero-order valence-corrected chi connectivity index (χ0v) is 15.5. The number of esters is 1. The molecule has 0 spiro atoms. The van der Waals surface area contributed by atoms with E-state index in [1.165, 1.54) is 0 Å². The highest BCUT2D eigenvalue weighted by atomic mass is 35.5. The van der Waals surface area contributed by atoms with E-state index in [-0.39, 0.29) is 28.6 Å². The van der Waals surface area contributed by atoms with E-state index in [4.69, 9.17) is 27.9 Å². The number of halogens is 2. The van der Waals surface area contributed by atoms with Crippen LogP contribution < -0.4 is 5.32 Å². The van der Waals surface area contributed by atoms with Crippen LogP contribution in [0.4, 0.5) is 0 Å². The lowest BCUT2D eigenvalue weighted by atomic mass is 10.0. The zero-order chi connectivity index (χ0) is 18.4. The van der Waals surface area contributed by atoms with Crippen LogP contribution in [0, 0.1) is 6.92 Å². The lowest BCUT2D eigenvalue weighted by Crippen LogP contribution is -2.31. The molecule has 0 aliphatic rings. The highest BCUT2D eigenvalue weighted by Crippen LogP contribution is 2.26. The first-order valence-electron chi connectivity index (χ1n) is 7.89. The monoisotopic (exact) mass is 379 g/mol. The predicted molar refractivity (Wildman–Crippen MR) is 99.1 cm³/mol. The molecule has 2 rings (SSSR count). The van der Waals surface area contributed by atoms with Crippen LogP contribution in [0.3, 0.4) is 0 Å². The van der Waals surface area contributed by atoms with E-state index in [1.54, 1.807) is 25.1 Å². The minimum atomic E-state index is -0.542. The summed E-state index contributed by atoms with van der Waals surface area (Å²) in [4.78, 5) is 24.6. The second-order valence-electron chi connectivity index (χ2n) is 5.54. The molecule has 0 aliphatic carbocycles. The zero-order valence-electron chi connectivity index (χ0n) is 14.0. The first-order valence-corrected chi connectivity index (χ1v) is 8.65. The Hall–Kier alpha value is -2.04. The number of benzene rings is 2. The van der Waals surface area contributed by atoms with Gasteiger partial charge in [0.15, 0.2) is 0 Å². The molecule has 1 atom stereocenters. The minimum Gasteiger partial charge on any atom is -0.466 e. The van der Waals surface area contributed by atoms with Gasteiger partial charge in [0.25, 0.3) is 5.91 Å². The van der Waals surface area contributed by atoms with E-state index in [0.29, 0.717) is 0 Å². The molecule has 2 aromatic rings. The van der Waals surface area contributed by atoms with Crippen LogP contribution in [-0.4, -0.2) is 18.5 Å². The van der Waals surface area contributed by atoms with Crippen molar-refractivity contribution in [2.45, 2.75) is 26.3 Å². The molecule has 25 heavy (non-hydrogen) atoms. The third-order valence-corrected chi connectivity index (χ3v) is 4.28. The van der Waals surface area contributed by atoms with Crippen molar-refractivity contribution in [3.63, 3.8) is 0 Å². The Morgan fingerprint density at radius 2 is 1.68 bits per heavy atom. The van der Waals surface area contributed by atoms with Crippen molar-refractivity contribution in [1.29, 1.82) is 0 Å². The maximum atomic E-state index is 12.6. The van der Waals surface area contributed by atoms with Crippen LogP contribution >= 0.6 is 23.2 Å². The summed E-state index contributed by atoms with van der Waals surface area (Å²) in [5.74, 6) is -0.830. The van der Waals surface area contributed by atoms with Gasteiger partial charge in [0, 0.05) is 0 Å². The van der Waals surface area contributed by atoms with E-state index in [9.17, 15) is 9.59 Å². The Morgan fingerprint density at radius 3 is 2.24 bits per heavy atom. The Morgan fingerprint density at radius 1 is 1.08 bits per heavy atom. The van der Waals surface area contributed by atoms with Crippen molar-refractivity contribution < 1.29 is 14.3 Å². The van der Waals surface area contributed by atoms with Gasteiger partial charge in [-0.2, -0.15) is 0 Å². The lowest BCUT2D eigenvalue weighted by molar-refractivity contribution is -0.143. The van der Waals surface area contributed by atoms with E-state index >= 15 is 0 Å². The van der Waals surface area contributed by atoms with E-state index < -0.39 is 17.9 Å². The summed E-state index contributed by atoms with van der Waals surface area (Å²) in [6.45, 7) is 3.98. The number of hydrogen-bond acceptors (Lipinski definition) is 3. The van der Waals surface area contributed by atoms with E-state index in [0.717, 1.165) is 11.1 Å². The van der Waals surface area contributed by atoms with Crippen LogP contribution in [0.25, 0.3) is 0 Å². The van der Waals surface area contributed by atoms with Crippen molar-refractivity contribution in [3.05, 3.63) is 69.2 Å². The van der Waals surface area contributed by atoms with Crippen LogP contribution in [-0.2, 0) is 9.53 Å². The number of ether oxygens (including phenoxy) is 1. The third kappa shape index (κ3) is 5.21. The average molecular weight is 380 g/mol. The molecule has 0 heterocycles. The molecular formula is C19H19Cl2NO3. The molecule has 0 saturated carbocycles. The second kappa shape index (κ2) is 8.88. The summed E-state index contributed by atoms with van der Waals surface area (Å²) in [5, 5.41) is 3.34. The fourth-order valence-electron chi connectivity index (χ4n) is 2.38. The normalized spacial score (nSPS) is 11.7. The maximum Gasteiger partial charge on any atom is 0.308 e. The number of amides is 1. The summed E-state index contributed by atoms with van der Waals surface area (Å²) in [7, 11) is 0. The summed E-state index contributed by atoms with van der Waals surface area (Å²) in [6, 6.07) is 11.9. The third-order valence-electron chi connectivity index (χ3n) is 3.65. The molecular weight excluding hydrogens is 361 g/mol. The lowest BCUT2D eigenvalue weighted by Gasteiger charge is -2.19. The molecule has 1 N–H and O–H groups in total. The highest BCUT2D eigenvalue weighted by Gasteiger charge is 2.22. The van der Waals surface area contributed by atoms with Crippen molar-refractivity contribution in [3.8, 4) is 0 Å². The largest absolute Gasteiger partial charge is 0.466 e. The minimum absolute atomic E-state index is 0.0186. The van der Waals surface area contributed by atoms with Gasteiger partial charge in [-0.05, 0) is 31.5 Å². The topological polar surface area (TPSA) is 55.4 Å². The molecule has 4 nitrogen and oxygen atoms in total. The Kier molecular flexibility index (Phi) is 6.85. The highest BCUT2D eigenvalue weighted by molar-refractivity contribution is 6.39.